The monoisotopic (exact) mass is 828 g/mol. The lowest BCUT2D eigenvalue weighted by molar-refractivity contribution is -0.161. The molecule has 0 aliphatic rings. The molecule has 0 aromatic carbocycles. The van der Waals surface area contributed by atoms with E-state index in [2.05, 4.69) is 38.2 Å². The molecule has 0 aliphatic heterocycles. The maximum atomic E-state index is 12.6. The molecule has 336 valence electrons. The molecular weight excluding hydrogens is 737 g/mol. The van der Waals surface area contributed by atoms with Gasteiger partial charge in [0.2, 0.25) is 0 Å². The van der Waals surface area contributed by atoms with E-state index >= 15 is 0 Å². The molecule has 3 N–H and O–H groups in total. The summed E-state index contributed by atoms with van der Waals surface area (Å²) in [7, 11) is -4.38. The fraction of sp³-hybridized carbons (Fsp3) is 0.872. The Morgan fingerprint density at radius 3 is 1.37 bits per heavy atom. The predicted octanol–water partition coefficient (Wildman–Crippen LogP) is 13.9. The van der Waals surface area contributed by atoms with Crippen LogP contribution in [0, 0.1) is 0 Å². The average molecular weight is 828 g/mol. The van der Waals surface area contributed by atoms with Crippen LogP contribution in [0.25, 0.3) is 0 Å². The predicted molar refractivity (Wildman–Crippen MR) is 238 cm³/mol. The molecule has 0 aromatic rings. The van der Waals surface area contributed by atoms with Crippen LogP contribution in [0.1, 0.15) is 232 Å². The van der Waals surface area contributed by atoms with Gasteiger partial charge in [-0.2, -0.15) is 0 Å². The van der Waals surface area contributed by atoms with Gasteiger partial charge in [0.1, 0.15) is 6.61 Å². The fourth-order valence-corrected chi connectivity index (χ4v) is 7.55. The minimum atomic E-state index is -4.38. The first-order valence-corrected chi connectivity index (χ1v) is 25.3. The van der Waals surface area contributed by atoms with Crippen LogP contribution < -0.4 is 5.73 Å². The quantitative estimate of drug-likeness (QED) is 0.0266. The molecule has 0 aliphatic carbocycles. The molecule has 0 rings (SSSR count). The standard InChI is InChI=1S/C47H90NO8P/c1-3-5-7-9-11-13-15-17-19-20-21-22-23-24-26-28-30-32-34-36-38-40-47(50)56-45(44-55-57(51,52)54-42-41-48)43-53-46(49)39-37-35-33-31-29-27-25-18-16-14-12-10-8-6-4-2/h12,14,18,25,45H,3-11,13,15-17,19-24,26-44,48H2,1-2H3,(H,51,52)/b14-12-,25-18-/t45-/m1/s1. The summed E-state index contributed by atoms with van der Waals surface area (Å²) < 4.78 is 32.8. The smallest absolute Gasteiger partial charge is 0.462 e. The second kappa shape index (κ2) is 44.1. The SMILES string of the molecule is CCCCC/C=C\C/C=C\CCCCCCCC(=O)OC[C@H](COP(=O)(O)OCCN)OC(=O)CCCCCCCCCCCCCCCCCCCCCCC. The zero-order chi connectivity index (χ0) is 41.8. The number of allylic oxidation sites excluding steroid dienone is 4. The van der Waals surface area contributed by atoms with E-state index in [9.17, 15) is 19.0 Å². The first kappa shape index (κ1) is 55.5. The third kappa shape index (κ3) is 43.9. The van der Waals surface area contributed by atoms with Crippen LogP contribution in [0.5, 0.6) is 0 Å². The highest BCUT2D eigenvalue weighted by Crippen LogP contribution is 2.43. The van der Waals surface area contributed by atoms with E-state index in [1.54, 1.807) is 0 Å². The Balaban J connectivity index is 4.06. The van der Waals surface area contributed by atoms with Crippen LogP contribution in [-0.2, 0) is 32.7 Å². The zero-order valence-electron chi connectivity index (χ0n) is 37.1. The van der Waals surface area contributed by atoms with Gasteiger partial charge in [0.15, 0.2) is 6.10 Å². The lowest BCUT2D eigenvalue weighted by Crippen LogP contribution is -2.29. The highest BCUT2D eigenvalue weighted by molar-refractivity contribution is 7.47. The summed E-state index contributed by atoms with van der Waals surface area (Å²) in [6, 6.07) is 0. The average Bonchev–Trinajstić information content (AvgIpc) is 3.20. The van der Waals surface area contributed by atoms with Crippen molar-refractivity contribution in [2.45, 2.75) is 238 Å². The van der Waals surface area contributed by atoms with Crippen LogP contribution in [-0.4, -0.2) is 49.3 Å². The summed E-state index contributed by atoms with van der Waals surface area (Å²) in [6.45, 7) is 3.73. The molecule has 0 heterocycles. The molecule has 0 fully saturated rings. The van der Waals surface area contributed by atoms with Gasteiger partial charge in [0.25, 0.3) is 0 Å². The summed E-state index contributed by atoms with van der Waals surface area (Å²) in [5, 5.41) is 0. The van der Waals surface area contributed by atoms with Crippen LogP contribution in [0.4, 0.5) is 0 Å². The van der Waals surface area contributed by atoms with Gasteiger partial charge in [-0.05, 0) is 44.9 Å². The van der Waals surface area contributed by atoms with Gasteiger partial charge in [-0.25, -0.2) is 4.57 Å². The van der Waals surface area contributed by atoms with E-state index in [1.165, 1.54) is 141 Å². The van der Waals surface area contributed by atoms with E-state index in [-0.39, 0.29) is 32.6 Å². The van der Waals surface area contributed by atoms with Crippen molar-refractivity contribution in [3.05, 3.63) is 24.3 Å². The second-order valence-corrected chi connectivity index (χ2v) is 17.4. The number of phosphoric acid groups is 1. The molecule has 1 unspecified atom stereocenters. The third-order valence-electron chi connectivity index (χ3n) is 10.3. The van der Waals surface area contributed by atoms with Crippen molar-refractivity contribution in [3.63, 3.8) is 0 Å². The molecule has 2 atom stereocenters. The van der Waals surface area contributed by atoms with Crippen molar-refractivity contribution < 1.29 is 37.6 Å². The Labute approximate surface area is 351 Å². The summed E-state index contributed by atoms with van der Waals surface area (Å²) in [4.78, 5) is 34.9. The number of carbonyl (C=O) groups is 2. The lowest BCUT2D eigenvalue weighted by atomic mass is 10.0. The largest absolute Gasteiger partial charge is 0.472 e. The third-order valence-corrected chi connectivity index (χ3v) is 11.3. The summed E-state index contributed by atoms with van der Waals surface area (Å²) in [5.74, 6) is -0.834. The molecule has 57 heavy (non-hydrogen) atoms. The van der Waals surface area contributed by atoms with Crippen LogP contribution in [0.15, 0.2) is 24.3 Å². The first-order valence-electron chi connectivity index (χ1n) is 23.8. The fourth-order valence-electron chi connectivity index (χ4n) is 6.78. The summed E-state index contributed by atoms with van der Waals surface area (Å²) in [6.07, 6.45) is 47.8. The minimum absolute atomic E-state index is 0.0532. The van der Waals surface area contributed by atoms with Crippen molar-refractivity contribution in [3.8, 4) is 0 Å². The Morgan fingerprint density at radius 1 is 0.526 bits per heavy atom. The molecule has 0 radical (unpaired) electrons. The van der Waals surface area contributed by atoms with Gasteiger partial charge in [-0.3, -0.25) is 18.6 Å². The number of hydrogen-bond donors (Lipinski definition) is 2. The van der Waals surface area contributed by atoms with Gasteiger partial charge in [-0.15, -0.1) is 0 Å². The molecular formula is C47H90NO8P. The van der Waals surface area contributed by atoms with Crippen LogP contribution in [0.2, 0.25) is 0 Å². The Morgan fingerprint density at radius 2 is 0.912 bits per heavy atom. The van der Waals surface area contributed by atoms with E-state index in [1.807, 2.05) is 0 Å². The Hall–Kier alpha value is -1.51. The highest BCUT2D eigenvalue weighted by atomic mass is 31.2. The number of esters is 2. The molecule has 0 bridgehead atoms. The van der Waals surface area contributed by atoms with Crippen molar-refractivity contribution in [2.75, 3.05) is 26.4 Å². The lowest BCUT2D eigenvalue weighted by Gasteiger charge is -2.19. The normalized spacial score (nSPS) is 13.4. The molecule has 0 amide bonds. The maximum Gasteiger partial charge on any atom is 0.472 e. The number of hydrogen-bond acceptors (Lipinski definition) is 8. The second-order valence-electron chi connectivity index (χ2n) is 16.0. The number of rotatable bonds is 45. The molecule has 9 nitrogen and oxygen atoms in total. The zero-order valence-corrected chi connectivity index (χ0v) is 38.0. The van der Waals surface area contributed by atoms with E-state index < -0.39 is 32.5 Å². The molecule has 0 saturated heterocycles. The van der Waals surface area contributed by atoms with Gasteiger partial charge >= 0.3 is 19.8 Å². The Bertz CT molecular complexity index is 990. The summed E-state index contributed by atoms with van der Waals surface area (Å²) in [5.41, 5.74) is 5.36. The molecule has 0 spiro atoms. The molecule has 10 heteroatoms. The molecule has 0 aromatic heterocycles. The number of carbonyl (C=O) groups excluding carboxylic acids is 2. The first-order chi connectivity index (χ1) is 27.8. The van der Waals surface area contributed by atoms with Gasteiger partial charge in [-0.1, -0.05) is 199 Å². The maximum absolute atomic E-state index is 12.6. The number of ether oxygens (including phenoxy) is 2. The van der Waals surface area contributed by atoms with Crippen molar-refractivity contribution in [2.24, 2.45) is 5.73 Å². The van der Waals surface area contributed by atoms with Crippen molar-refractivity contribution >= 4 is 19.8 Å². The van der Waals surface area contributed by atoms with Gasteiger partial charge in [0, 0.05) is 19.4 Å². The van der Waals surface area contributed by atoms with Crippen molar-refractivity contribution in [1.82, 2.24) is 0 Å². The molecule has 0 saturated carbocycles. The highest BCUT2D eigenvalue weighted by Gasteiger charge is 2.26. The van der Waals surface area contributed by atoms with Crippen molar-refractivity contribution in [1.29, 1.82) is 0 Å². The number of unbranched alkanes of at least 4 members (excludes halogenated alkanes) is 28. The van der Waals surface area contributed by atoms with Gasteiger partial charge < -0.3 is 20.1 Å². The van der Waals surface area contributed by atoms with Crippen LogP contribution >= 0.6 is 7.82 Å². The topological polar surface area (TPSA) is 134 Å². The summed E-state index contributed by atoms with van der Waals surface area (Å²) >= 11 is 0. The Kier molecular flexibility index (Phi) is 42.9. The van der Waals surface area contributed by atoms with Gasteiger partial charge in [0.05, 0.1) is 13.2 Å². The van der Waals surface area contributed by atoms with E-state index in [0.717, 1.165) is 57.8 Å². The van der Waals surface area contributed by atoms with E-state index in [4.69, 9.17) is 24.3 Å². The number of nitrogens with two attached hydrogens (primary N) is 1. The van der Waals surface area contributed by atoms with Crippen LogP contribution in [0.3, 0.4) is 0 Å². The number of phosphoric ester groups is 1. The van der Waals surface area contributed by atoms with E-state index in [0.29, 0.717) is 6.42 Å². The minimum Gasteiger partial charge on any atom is -0.462 e.